The van der Waals surface area contributed by atoms with Crippen molar-refractivity contribution in [2.24, 2.45) is 11.3 Å². The third-order valence-corrected chi connectivity index (χ3v) is 3.90. The molecule has 2 nitrogen and oxygen atoms in total. The zero-order chi connectivity index (χ0) is 15.2. The average Bonchev–Trinajstić information content (AvgIpc) is 2.38. The molecule has 0 aliphatic rings. The molecule has 3 heteroatoms. The van der Waals surface area contributed by atoms with Crippen LogP contribution in [0.2, 0.25) is 0 Å². The Morgan fingerprint density at radius 1 is 1.45 bits per heavy atom. The second-order valence-corrected chi connectivity index (χ2v) is 6.93. The Hall–Kier alpha value is -0.800. The molecule has 0 aromatic heterocycles. The first kappa shape index (κ1) is 17.3. The minimum absolute atomic E-state index is 0.0168. The summed E-state index contributed by atoms with van der Waals surface area (Å²) in [6.45, 7) is 12.6. The highest BCUT2D eigenvalue weighted by molar-refractivity contribution is 9.10. The molecule has 0 aliphatic carbocycles. The molecule has 0 saturated carbocycles. The van der Waals surface area contributed by atoms with Crippen LogP contribution in [0.4, 0.5) is 0 Å². The summed E-state index contributed by atoms with van der Waals surface area (Å²) < 4.78 is 6.54. The van der Waals surface area contributed by atoms with E-state index in [1.54, 1.807) is 7.11 Å². The number of methoxy groups -OCH3 is 1. The van der Waals surface area contributed by atoms with Gasteiger partial charge in [0.25, 0.3) is 0 Å². The molecule has 1 N–H and O–H groups in total. The van der Waals surface area contributed by atoms with Crippen LogP contribution >= 0.6 is 15.9 Å². The topological polar surface area (TPSA) is 21.3 Å². The van der Waals surface area contributed by atoms with Crippen LogP contribution in [0, 0.1) is 11.3 Å². The van der Waals surface area contributed by atoms with Gasteiger partial charge >= 0.3 is 0 Å². The summed E-state index contributed by atoms with van der Waals surface area (Å²) in [5, 5.41) is 3.52. The van der Waals surface area contributed by atoms with Crippen LogP contribution in [0.25, 0.3) is 0 Å². The minimum Gasteiger partial charge on any atom is -0.496 e. The second kappa shape index (κ2) is 7.84. The lowest BCUT2D eigenvalue weighted by Gasteiger charge is -2.27. The number of ether oxygens (including phenoxy) is 1. The van der Waals surface area contributed by atoms with E-state index in [4.69, 9.17) is 4.74 Å². The van der Waals surface area contributed by atoms with E-state index in [2.05, 4.69) is 54.7 Å². The van der Waals surface area contributed by atoms with Gasteiger partial charge in [-0.2, -0.15) is 0 Å². The lowest BCUT2D eigenvalue weighted by atomic mass is 9.83. The van der Waals surface area contributed by atoms with E-state index in [0.29, 0.717) is 5.92 Å². The Bertz CT molecular complexity index is 445. The van der Waals surface area contributed by atoms with Crippen molar-refractivity contribution >= 4 is 15.9 Å². The van der Waals surface area contributed by atoms with Crippen molar-refractivity contribution in [1.29, 1.82) is 0 Å². The molecular formula is C17H26BrNO. The van der Waals surface area contributed by atoms with Crippen LogP contribution in [0.3, 0.4) is 0 Å². The Labute approximate surface area is 131 Å². The lowest BCUT2D eigenvalue weighted by Crippen LogP contribution is -2.34. The maximum absolute atomic E-state index is 5.46. The van der Waals surface area contributed by atoms with Gasteiger partial charge in [0.1, 0.15) is 5.75 Å². The smallest absolute Gasteiger partial charge is 0.122 e. The Morgan fingerprint density at radius 3 is 2.70 bits per heavy atom. The molecule has 1 rings (SSSR count). The van der Waals surface area contributed by atoms with Crippen LogP contribution in [-0.4, -0.2) is 20.2 Å². The first-order chi connectivity index (χ1) is 9.40. The van der Waals surface area contributed by atoms with E-state index in [1.165, 1.54) is 5.56 Å². The molecule has 0 fully saturated rings. The van der Waals surface area contributed by atoms with Gasteiger partial charge in [-0.3, -0.25) is 0 Å². The molecule has 1 aromatic carbocycles. The number of rotatable bonds is 8. The van der Waals surface area contributed by atoms with Gasteiger partial charge in [0, 0.05) is 16.4 Å². The largest absolute Gasteiger partial charge is 0.496 e. The Kier molecular flexibility index (Phi) is 6.77. The standard InChI is InChI=1S/C17H26BrNO/c1-6-17(4,12-19-11-13(2)3)10-14-9-15(18)7-8-16(14)20-5/h6-9,13,19H,1,10-12H2,2-5H3. The predicted molar refractivity (Wildman–Crippen MR) is 90.4 cm³/mol. The molecule has 0 saturated heterocycles. The molecule has 0 heterocycles. The van der Waals surface area contributed by atoms with Gasteiger partial charge in [-0.15, -0.1) is 6.58 Å². The summed E-state index contributed by atoms with van der Waals surface area (Å²) in [6, 6.07) is 6.14. The highest BCUT2D eigenvalue weighted by Crippen LogP contribution is 2.30. The summed E-state index contributed by atoms with van der Waals surface area (Å²) >= 11 is 3.53. The fourth-order valence-corrected chi connectivity index (χ4v) is 2.58. The van der Waals surface area contributed by atoms with E-state index in [1.807, 2.05) is 18.2 Å². The molecule has 0 spiro atoms. The van der Waals surface area contributed by atoms with Crippen molar-refractivity contribution in [2.45, 2.75) is 27.2 Å². The highest BCUT2D eigenvalue weighted by atomic mass is 79.9. The number of benzene rings is 1. The third-order valence-electron chi connectivity index (χ3n) is 3.41. The van der Waals surface area contributed by atoms with Crippen molar-refractivity contribution in [3.8, 4) is 5.75 Å². The number of hydrogen-bond acceptors (Lipinski definition) is 2. The lowest BCUT2D eigenvalue weighted by molar-refractivity contribution is 0.363. The van der Waals surface area contributed by atoms with Crippen molar-refractivity contribution in [1.82, 2.24) is 5.32 Å². The SMILES string of the molecule is C=CC(C)(CNCC(C)C)Cc1cc(Br)ccc1OC. The highest BCUT2D eigenvalue weighted by Gasteiger charge is 2.22. The van der Waals surface area contributed by atoms with Crippen molar-refractivity contribution in [3.63, 3.8) is 0 Å². The fraction of sp³-hybridized carbons (Fsp3) is 0.529. The zero-order valence-electron chi connectivity index (χ0n) is 13.0. The van der Waals surface area contributed by atoms with E-state index in [-0.39, 0.29) is 5.41 Å². The monoisotopic (exact) mass is 339 g/mol. The third kappa shape index (κ3) is 5.29. The van der Waals surface area contributed by atoms with Crippen molar-refractivity contribution in [2.75, 3.05) is 20.2 Å². The maximum atomic E-state index is 5.46. The van der Waals surface area contributed by atoms with Gasteiger partial charge < -0.3 is 10.1 Å². The van der Waals surface area contributed by atoms with Gasteiger partial charge in [-0.1, -0.05) is 42.8 Å². The summed E-state index contributed by atoms with van der Waals surface area (Å²) in [5.74, 6) is 1.59. The summed E-state index contributed by atoms with van der Waals surface area (Å²) in [5.41, 5.74) is 1.22. The van der Waals surface area contributed by atoms with Gasteiger partial charge in [-0.25, -0.2) is 0 Å². The van der Waals surface area contributed by atoms with Crippen LogP contribution in [0.1, 0.15) is 26.3 Å². The van der Waals surface area contributed by atoms with E-state index >= 15 is 0 Å². The predicted octanol–water partition coefficient (Wildman–Crippen LogP) is 4.44. The molecule has 0 aliphatic heterocycles. The maximum Gasteiger partial charge on any atom is 0.122 e. The van der Waals surface area contributed by atoms with E-state index < -0.39 is 0 Å². The van der Waals surface area contributed by atoms with Crippen LogP contribution < -0.4 is 10.1 Å². The van der Waals surface area contributed by atoms with Crippen LogP contribution in [0.15, 0.2) is 35.3 Å². The second-order valence-electron chi connectivity index (χ2n) is 6.02. The van der Waals surface area contributed by atoms with Crippen molar-refractivity contribution in [3.05, 3.63) is 40.9 Å². The Morgan fingerprint density at radius 2 is 2.15 bits per heavy atom. The van der Waals surface area contributed by atoms with Gasteiger partial charge in [0.15, 0.2) is 0 Å². The van der Waals surface area contributed by atoms with Crippen molar-refractivity contribution < 1.29 is 4.74 Å². The zero-order valence-corrected chi connectivity index (χ0v) is 14.6. The molecule has 0 radical (unpaired) electrons. The fourth-order valence-electron chi connectivity index (χ4n) is 2.17. The molecule has 1 atom stereocenters. The molecule has 112 valence electrons. The Balaban J connectivity index is 2.81. The molecule has 0 bridgehead atoms. The molecular weight excluding hydrogens is 314 g/mol. The van der Waals surface area contributed by atoms with Crippen LogP contribution in [0.5, 0.6) is 5.75 Å². The summed E-state index contributed by atoms with van der Waals surface area (Å²) in [7, 11) is 1.72. The first-order valence-electron chi connectivity index (χ1n) is 7.07. The summed E-state index contributed by atoms with van der Waals surface area (Å²) in [4.78, 5) is 0. The van der Waals surface area contributed by atoms with E-state index in [9.17, 15) is 0 Å². The number of halogens is 1. The first-order valence-corrected chi connectivity index (χ1v) is 7.86. The van der Waals surface area contributed by atoms with Gasteiger partial charge in [0.2, 0.25) is 0 Å². The molecule has 20 heavy (non-hydrogen) atoms. The summed E-state index contributed by atoms with van der Waals surface area (Å²) in [6.07, 6.45) is 2.95. The normalized spacial score (nSPS) is 14.1. The molecule has 0 amide bonds. The quantitative estimate of drug-likeness (QED) is 0.707. The van der Waals surface area contributed by atoms with Crippen LogP contribution in [-0.2, 0) is 6.42 Å². The average molecular weight is 340 g/mol. The van der Waals surface area contributed by atoms with E-state index in [0.717, 1.165) is 29.7 Å². The number of hydrogen-bond donors (Lipinski definition) is 1. The molecule has 1 unspecified atom stereocenters. The minimum atomic E-state index is 0.0168. The number of nitrogens with one attached hydrogen (secondary N) is 1. The van der Waals surface area contributed by atoms with Gasteiger partial charge in [-0.05, 0) is 42.6 Å². The molecule has 1 aromatic rings. The van der Waals surface area contributed by atoms with Gasteiger partial charge in [0.05, 0.1) is 7.11 Å².